The highest BCUT2D eigenvalue weighted by molar-refractivity contribution is 5.64. The number of rotatable bonds is 9. The van der Waals surface area contributed by atoms with Gasteiger partial charge in [-0.25, -0.2) is 15.6 Å². The van der Waals surface area contributed by atoms with Crippen LogP contribution in [0.4, 0.5) is 4.79 Å². The number of allylic oxidation sites excluding steroid dienone is 1. The van der Waals surface area contributed by atoms with Gasteiger partial charge < -0.3 is 15.8 Å². The van der Waals surface area contributed by atoms with Gasteiger partial charge in [0.15, 0.2) is 0 Å². The van der Waals surface area contributed by atoms with E-state index in [1.807, 2.05) is 0 Å². The summed E-state index contributed by atoms with van der Waals surface area (Å²) in [7, 11) is 2.09. The van der Waals surface area contributed by atoms with Crippen LogP contribution in [0.3, 0.4) is 0 Å². The zero-order chi connectivity index (χ0) is 28.1. The lowest BCUT2D eigenvalue weighted by atomic mass is 9.89. The molecular formula is C30H63N7O2. The summed E-state index contributed by atoms with van der Waals surface area (Å²) in [4.78, 5) is 10.7. The van der Waals surface area contributed by atoms with Gasteiger partial charge in [0.2, 0.25) is 0 Å². The first kappa shape index (κ1) is 35.8. The number of unbranched alkanes of at least 4 members (excludes halogenated alkanes) is 2. The van der Waals surface area contributed by atoms with Gasteiger partial charge >= 0.3 is 6.09 Å². The van der Waals surface area contributed by atoms with E-state index >= 15 is 0 Å². The van der Waals surface area contributed by atoms with Crippen molar-refractivity contribution in [1.82, 2.24) is 32.8 Å². The fourth-order valence-corrected chi connectivity index (χ4v) is 5.39. The molecule has 1 rings (SSSR count). The lowest BCUT2D eigenvalue weighted by molar-refractivity contribution is 0.154. The monoisotopic (exact) mass is 554 g/mol. The van der Waals surface area contributed by atoms with Crippen LogP contribution in [0.1, 0.15) is 135 Å². The molecule has 0 fully saturated rings. The van der Waals surface area contributed by atoms with Crippen LogP contribution in [0, 0.1) is 5.92 Å². The van der Waals surface area contributed by atoms with Crippen molar-refractivity contribution in [3.8, 4) is 0 Å². The number of hydrogen-bond donors (Lipinski definition) is 7. The molecule has 0 aromatic rings. The number of carbonyl (C=O) groups excluding carboxylic acids is 1. The van der Waals surface area contributed by atoms with Gasteiger partial charge in [0, 0.05) is 19.1 Å². The Kier molecular flexibility index (Phi) is 26.0. The molecule has 0 bridgehead atoms. The maximum atomic E-state index is 10.7. The average Bonchev–Trinajstić information content (AvgIpc) is 2.93. The molecule has 39 heavy (non-hydrogen) atoms. The van der Waals surface area contributed by atoms with E-state index in [1.54, 1.807) is 0 Å². The third kappa shape index (κ3) is 25.5. The van der Waals surface area contributed by atoms with Crippen molar-refractivity contribution in [2.45, 2.75) is 141 Å². The molecule has 1 aliphatic heterocycles. The second kappa shape index (κ2) is 28.3. The Hall–Kier alpha value is -1.23. The van der Waals surface area contributed by atoms with Crippen molar-refractivity contribution in [1.29, 1.82) is 0 Å². The van der Waals surface area contributed by atoms with Gasteiger partial charge in [0.25, 0.3) is 0 Å². The van der Waals surface area contributed by atoms with Gasteiger partial charge in [0.1, 0.15) is 0 Å². The minimum atomic E-state index is -0.675. The van der Waals surface area contributed by atoms with Crippen molar-refractivity contribution in [3.05, 3.63) is 12.2 Å². The third-order valence-corrected chi connectivity index (χ3v) is 7.79. The van der Waals surface area contributed by atoms with E-state index in [1.165, 1.54) is 103 Å². The van der Waals surface area contributed by atoms with E-state index in [9.17, 15) is 4.79 Å². The highest BCUT2D eigenvalue weighted by atomic mass is 16.5. The van der Waals surface area contributed by atoms with Crippen molar-refractivity contribution < 1.29 is 9.53 Å². The van der Waals surface area contributed by atoms with Gasteiger partial charge in [-0.3, -0.25) is 0 Å². The summed E-state index contributed by atoms with van der Waals surface area (Å²) in [6.45, 7) is 2.16. The van der Waals surface area contributed by atoms with Crippen LogP contribution in [0.25, 0.3) is 0 Å². The Labute approximate surface area is 239 Å². The van der Waals surface area contributed by atoms with E-state index in [-0.39, 0.29) is 0 Å². The molecule has 0 spiro atoms. The lowest BCUT2D eigenvalue weighted by Gasteiger charge is -2.23. The first-order valence-electron chi connectivity index (χ1n) is 16.2. The van der Waals surface area contributed by atoms with E-state index in [0.717, 1.165) is 45.2 Å². The fraction of sp³-hybridized carbons (Fsp3) is 0.900. The molecule has 0 aromatic carbocycles. The van der Waals surface area contributed by atoms with Gasteiger partial charge in [-0.05, 0) is 45.1 Å². The quantitative estimate of drug-likeness (QED) is 0.144. The molecule has 1 heterocycles. The van der Waals surface area contributed by atoms with Crippen LogP contribution < -0.4 is 38.5 Å². The Morgan fingerprint density at radius 1 is 0.821 bits per heavy atom. The first-order valence-corrected chi connectivity index (χ1v) is 16.2. The molecular weight excluding hydrogens is 490 g/mol. The molecule has 0 saturated heterocycles. The van der Waals surface area contributed by atoms with Gasteiger partial charge in [0.05, 0.1) is 6.61 Å². The maximum absolute atomic E-state index is 10.7. The van der Waals surface area contributed by atoms with Gasteiger partial charge in [-0.1, -0.05) is 115 Å². The Morgan fingerprint density at radius 3 is 2.08 bits per heavy atom. The minimum absolute atomic E-state index is 0.429. The number of ether oxygens (including phenoxy) is 1. The first-order chi connectivity index (χ1) is 19.2. The number of amides is 1. The van der Waals surface area contributed by atoms with Crippen LogP contribution in [0.2, 0.25) is 0 Å². The Balaban J connectivity index is 2.40. The number of nitrogens with two attached hydrogens (primary N) is 1. The second-order valence-corrected chi connectivity index (χ2v) is 11.2. The minimum Gasteiger partial charge on any atom is -0.450 e. The van der Waals surface area contributed by atoms with E-state index in [4.69, 9.17) is 10.5 Å². The van der Waals surface area contributed by atoms with Crippen LogP contribution in [-0.2, 0) is 4.74 Å². The Bertz CT molecular complexity index is 565. The van der Waals surface area contributed by atoms with Crippen molar-refractivity contribution in [2.24, 2.45) is 11.7 Å². The Morgan fingerprint density at radius 2 is 1.44 bits per heavy atom. The highest BCUT2D eigenvalue weighted by Crippen LogP contribution is 2.23. The summed E-state index contributed by atoms with van der Waals surface area (Å²) in [5.74, 6) is 0.701. The van der Waals surface area contributed by atoms with E-state index < -0.39 is 6.09 Å². The fourth-order valence-electron chi connectivity index (χ4n) is 5.39. The highest BCUT2D eigenvalue weighted by Gasteiger charge is 2.14. The molecule has 9 nitrogen and oxygen atoms in total. The molecule has 2 atom stereocenters. The number of nitrogens with one attached hydrogen (secondary N) is 6. The predicted molar refractivity (Wildman–Crippen MR) is 163 cm³/mol. The normalized spacial score (nSPS) is 22.9. The van der Waals surface area contributed by atoms with Crippen molar-refractivity contribution in [2.75, 3.05) is 26.7 Å². The lowest BCUT2D eigenvalue weighted by Crippen LogP contribution is -2.55. The zero-order valence-electron chi connectivity index (χ0n) is 25.2. The van der Waals surface area contributed by atoms with Crippen LogP contribution in [0.5, 0.6) is 0 Å². The van der Waals surface area contributed by atoms with E-state index in [0.29, 0.717) is 18.6 Å². The molecule has 0 radical (unpaired) electrons. The molecule has 8 N–H and O–H groups in total. The van der Waals surface area contributed by atoms with Crippen LogP contribution in [0.15, 0.2) is 12.2 Å². The average molecular weight is 554 g/mol. The smallest absolute Gasteiger partial charge is 0.404 e. The predicted octanol–water partition coefficient (Wildman–Crippen LogP) is 5.66. The summed E-state index contributed by atoms with van der Waals surface area (Å²) in [5, 5.41) is 3.55. The van der Waals surface area contributed by atoms with Crippen molar-refractivity contribution >= 4 is 6.09 Å². The number of primary amides is 1. The summed E-state index contributed by atoms with van der Waals surface area (Å²) < 4.78 is 4.84. The largest absolute Gasteiger partial charge is 0.450 e. The third-order valence-electron chi connectivity index (χ3n) is 7.79. The van der Waals surface area contributed by atoms with Gasteiger partial charge in [-0.15, -0.1) is 0 Å². The second-order valence-electron chi connectivity index (χ2n) is 11.2. The molecule has 1 aliphatic rings. The maximum Gasteiger partial charge on any atom is 0.404 e. The molecule has 1 amide bonds. The molecule has 0 aliphatic carbocycles. The molecule has 9 heteroatoms. The zero-order valence-corrected chi connectivity index (χ0v) is 25.2. The van der Waals surface area contributed by atoms with E-state index in [2.05, 4.69) is 52.0 Å². The topological polar surface area (TPSA) is 124 Å². The van der Waals surface area contributed by atoms with Crippen LogP contribution >= 0.6 is 0 Å². The SMILES string of the molecule is CNC(CCCCCOC(N)=O)CC1C/C=C/CNNNNNCCCCCCCCCCCCCCCC1. The van der Waals surface area contributed by atoms with Crippen molar-refractivity contribution in [3.63, 3.8) is 0 Å². The van der Waals surface area contributed by atoms with Crippen LogP contribution in [-0.4, -0.2) is 38.9 Å². The summed E-state index contributed by atoms with van der Waals surface area (Å²) in [6.07, 6.45) is 31.0. The number of carbonyl (C=O) groups is 1. The molecule has 0 aromatic heterocycles. The summed E-state index contributed by atoms with van der Waals surface area (Å²) in [5.41, 5.74) is 20.3. The number of hydrazine groups is 4. The summed E-state index contributed by atoms with van der Waals surface area (Å²) in [6, 6.07) is 0.531. The standard InChI is InChI=1S/C30H63N7O2/c1-32-29(23-16-14-20-26-39-30(31)38)27-28-21-15-12-10-8-6-4-2-3-5-7-9-11-13-18-24-33-35-37-36-34-25-19-17-22-28/h17,19,28-29,32-37H,2-16,18,20-27H2,1H3,(H2,31,38)/b19-17+. The summed E-state index contributed by atoms with van der Waals surface area (Å²) >= 11 is 0. The molecule has 2 unspecified atom stereocenters. The molecule has 0 saturated carbocycles. The number of hydrogen-bond acceptors (Lipinski definition) is 8. The molecule has 230 valence electrons. The van der Waals surface area contributed by atoms with Gasteiger partial charge in [-0.2, -0.15) is 16.6 Å².